The first-order valence-electron chi connectivity index (χ1n) is 19.5. The molecule has 3 N–H and O–H groups in total. The summed E-state index contributed by atoms with van der Waals surface area (Å²) in [6.45, 7) is 6.37. The molecule has 0 bridgehead atoms. The third-order valence-electron chi connectivity index (χ3n) is 9.88. The molecule has 0 saturated heterocycles. The Bertz CT molecular complexity index is 636. The summed E-state index contributed by atoms with van der Waals surface area (Å²) in [5.41, 5.74) is 0. The van der Waals surface area contributed by atoms with E-state index in [1.54, 1.807) is 0 Å². The van der Waals surface area contributed by atoms with E-state index < -0.39 is 29.9 Å². The molecule has 0 aromatic heterocycles. The van der Waals surface area contributed by atoms with Crippen molar-refractivity contribution in [3.8, 4) is 0 Å². The molecular formula is C39H76O5. The summed E-state index contributed by atoms with van der Waals surface area (Å²) >= 11 is 0. The number of carbonyl (C=O) groups is 2. The van der Waals surface area contributed by atoms with Crippen molar-refractivity contribution in [3.05, 3.63) is 0 Å². The molecule has 0 saturated carbocycles. The molecule has 0 aliphatic carbocycles. The highest BCUT2D eigenvalue weighted by atomic mass is 16.4. The third kappa shape index (κ3) is 26.1. The van der Waals surface area contributed by atoms with Gasteiger partial charge in [-0.15, -0.1) is 0 Å². The predicted octanol–water partition coefficient (Wildman–Crippen LogP) is 12.1. The van der Waals surface area contributed by atoms with Crippen molar-refractivity contribution < 1.29 is 24.9 Å². The third-order valence-corrected chi connectivity index (χ3v) is 9.88. The summed E-state index contributed by atoms with van der Waals surface area (Å²) in [5, 5.41) is 30.4. The van der Waals surface area contributed by atoms with Crippen LogP contribution in [0.25, 0.3) is 0 Å². The second-order valence-electron chi connectivity index (χ2n) is 14.1. The molecule has 4 atom stereocenters. The first-order chi connectivity index (χ1) is 21.3. The molecule has 4 unspecified atom stereocenters. The van der Waals surface area contributed by atoms with Crippen molar-refractivity contribution in [2.24, 2.45) is 17.8 Å². The standard InChI is InChI=1S/C39H76O5/c1-4-6-8-10-12-14-16-18-20-21-23-25-27-29-31-35(38(41)42)34(3)33-36(39(43)44)37(40)32-30-28-26-24-22-19-17-15-13-11-9-7-5-2/h34-37,40H,4-33H2,1-3H3,(H,41,42)(H,43,44). The lowest BCUT2D eigenvalue weighted by atomic mass is 9.80. The SMILES string of the molecule is CCCCCCCCCCCCCCCCC(C(=O)O)C(C)CC(C(=O)O)C(O)CCCCCCCCCCCCCCC. The van der Waals surface area contributed by atoms with Crippen molar-refractivity contribution in [2.45, 2.75) is 219 Å². The van der Waals surface area contributed by atoms with Crippen LogP contribution in [-0.4, -0.2) is 33.4 Å². The van der Waals surface area contributed by atoms with Gasteiger partial charge in [0, 0.05) is 0 Å². The van der Waals surface area contributed by atoms with Gasteiger partial charge in [-0.25, -0.2) is 0 Å². The number of carboxylic acids is 2. The average molecular weight is 625 g/mol. The summed E-state index contributed by atoms with van der Waals surface area (Å²) in [6.07, 6.45) is 34.4. The van der Waals surface area contributed by atoms with Gasteiger partial charge in [-0.3, -0.25) is 9.59 Å². The molecule has 0 aromatic carbocycles. The summed E-state index contributed by atoms with van der Waals surface area (Å²) in [4.78, 5) is 24.0. The number of aliphatic hydroxyl groups excluding tert-OH is 1. The quantitative estimate of drug-likeness (QED) is 0.0610. The van der Waals surface area contributed by atoms with E-state index in [9.17, 15) is 24.9 Å². The Hall–Kier alpha value is -1.10. The first-order valence-corrected chi connectivity index (χ1v) is 19.5. The van der Waals surface area contributed by atoms with Gasteiger partial charge in [-0.05, 0) is 25.2 Å². The Morgan fingerprint density at radius 3 is 1.00 bits per heavy atom. The van der Waals surface area contributed by atoms with Crippen LogP contribution in [0.4, 0.5) is 0 Å². The fourth-order valence-corrected chi connectivity index (χ4v) is 6.77. The van der Waals surface area contributed by atoms with Crippen molar-refractivity contribution >= 4 is 11.9 Å². The maximum absolute atomic E-state index is 12.0. The number of hydrogen-bond acceptors (Lipinski definition) is 3. The molecule has 0 heterocycles. The number of hydrogen-bond donors (Lipinski definition) is 3. The number of unbranched alkanes of at least 4 members (excludes halogenated alkanes) is 25. The van der Waals surface area contributed by atoms with Crippen molar-refractivity contribution in [3.63, 3.8) is 0 Å². The summed E-state index contributed by atoms with van der Waals surface area (Å²) in [6, 6.07) is 0. The molecule has 0 spiro atoms. The molecule has 0 aromatic rings. The molecule has 262 valence electrons. The largest absolute Gasteiger partial charge is 0.481 e. The number of rotatable bonds is 35. The predicted molar refractivity (Wildman–Crippen MR) is 187 cm³/mol. The number of aliphatic hydroxyl groups is 1. The smallest absolute Gasteiger partial charge is 0.309 e. The second-order valence-corrected chi connectivity index (χ2v) is 14.1. The molecular weight excluding hydrogens is 548 g/mol. The Morgan fingerprint density at radius 2 is 0.705 bits per heavy atom. The van der Waals surface area contributed by atoms with Gasteiger partial charge in [-0.1, -0.05) is 194 Å². The lowest BCUT2D eigenvalue weighted by Gasteiger charge is -2.26. The Balaban J connectivity index is 4.05. The molecule has 0 rings (SSSR count). The Labute approximate surface area is 273 Å². The summed E-state index contributed by atoms with van der Waals surface area (Å²) in [7, 11) is 0. The van der Waals surface area contributed by atoms with Gasteiger partial charge >= 0.3 is 11.9 Å². The van der Waals surface area contributed by atoms with Crippen LogP contribution >= 0.6 is 0 Å². The van der Waals surface area contributed by atoms with Gasteiger partial charge < -0.3 is 15.3 Å². The van der Waals surface area contributed by atoms with Crippen molar-refractivity contribution in [2.75, 3.05) is 0 Å². The topological polar surface area (TPSA) is 94.8 Å². The lowest BCUT2D eigenvalue weighted by Crippen LogP contribution is -2.33. The van der Waals surface area contributed by atoms with E-state index in [-0.39, 0.29) is 12.3 Å². The highest BCUT2D eigenvalue weighted by Crippen LogP contribution is 2.29. The fraction of sp³-hybridized carbons (Fsp3) is 0.949. The van der Waals surface area contributed by atoms with Crippen LogP contribution < -0.4 is 0 Å². The van der Waals surface area contributed by atoms with Gasteiger partial charge in [0.2, 0.25) is 0 Å². The Morgan fingerprint density at radius 1 is 0.432 bits per heavy atom. The second kappa shape index (κ2) is 31.9. The zero-order valence-corrected chi connectivity index (χ0v) is 29.7. The molecule has 5 nitrogen and oxygen atoms in total. The van der Waals surface area contributed by atoms with Crippen molar-refractivity contribution in [1.82, 2.24) is 0 Å². The van der Waals surface area contributed by atoms with Gasteiger partial charge in [0.15, 0.2) is 0 Å². The molecule has 44 heavy (non-hydrogen) atoms. The number of aliphatic carboxylic acids is 2. The minimum atomic E-state index is -1.00. The molecule has 5 heteroatoms. The van der Waals surface area contributed by atoms with Crippen LogP contribution in [0, 0.1) is 17.8 Å². The van der Waals surface area contributed by atoms with E-state index >= 15 is 0 Å². The van der Waals surface area contributed by atoms with E-state index in [0.29, 0.717) is 12.8 Å². The molecule has 0 aliphatic heterocycles. The minimum Gasteiger partial charge on any atom is -0.481 e. The lowest BCUT2D eigenvalue weighted by molar-refractivity contribution is -0.150. The Kier molecular flexibility index (Phi) is 31.1. The van der Waals surface area contributed by atoms with Gasteiger partial charge in [0.05, 0.1) is 17.9 Å². The zero-order chi connectivity index (χ0) is 32.7. The summed E-state index contributed by atoms with van der Waals surface area (Å²) in [5.74, 6) is -3.53. The van der Waals surface area contributed by atoms with Crippen LogP contribution in [0.15, 0.2) is 0 Å². The molecule has 0 fully saturated rings. The van der Waals surface area contributed by atoms with Crippen LogP contribution in [0.5, 0.6) is 0 Å². The van der Waals surface area contributed by atoms with Crippen molar-refractivity contribution in [1.29, 1.82) is 0 Å². The van der Waals surface area contributed by atoms with Crippen LogP contribution in [0.2, 0.25) is 0 Å². The minimum absolute atomic E-state index is 0.227. The normalized spacial score (nSPS) is 14.4. The van der Waals surface area contributed by atoms with Crippen LogP contribution in [0.3, 0.4) is 0 Å². The van der Waals surface area contributed by atoms with Crippen LogP contribution in [0.1, 0.15) is 213 Å². The van der Waals surface area contributed by atoms with Gasteiger partial charge in [0.1, 0.15) is 0 Å². The monoisotopic (exact) mass is 625 g/mol. The number of carboxylic acid groups (broad SMARTS) is 2. The zero-order valence-electron chi connectivity index (χ0n) is 29.7. The first kappa shape index (κ1) is 42.9. The van der Waals surface area contributed by atoms with E-state index in [2.05, 4.69) is 13.8 Å². The van der Waals surface area contributed by atoms with Crippen LogP contribution in [-0.2, 0) is 9.59 Å². The maximum Gasteiger partial charge on any atom is 0.309 e. The maximum atomic E-state index is 12.0. The molecule has 0 radical (unpaired) electrons. The highest BCUT2D eigenvalue weighted by Gasteiger charge is 2.33. The van der Waals surface area contributed by atoms with E-state index in [4.69, 9.17) is 0 Å². The molecule has 0 aliphatic rings. The van der Waals surface area contributed by atoms with E-state index in [1.165, 1.54) is 135 Å². The summed E-state index contributed by atoms with van der Waals surface area (Å²) < 4.78 is 0. The average Bonchev–Trinajstić information content (AvgIpc) is 2.99. The molecule has 0 amide bonds. The van der Waals surface area contributed by atoms with E-state index in [1.807, 2.05) is 6.92 Å². The van der Waals surface area contributed by atoms with E-state index in [0.717, 1.165) is 38.5 Å². The fourth-order valence-electron chi connectivity index (χ4n) is 6.77. The highest BCUT2D eigenvalue weighted by molar-refractivity contribution is 5.72. The van der Waals surface area contributed by atoms with Gasteiger partial charge in [-0.2, -0.15) is 0 Å². The van der Waals surface area contributed by atoms with Gasteiger partial charge in [0.25, 0.3) is 0 Å².